The summed E-state index contributed by atoms with van der Waals surface area (Å²) in [4.78, 5) is 12.3. The fourth-order valence-corrected chi connectivity index (χ4v) is 9.04. The van der Waals surface area contributed by atoms with Gasteiger partial charge in [-0.05, 0) is 110 Å². The van der Waals surface area contributed by atoms with Crippen LogP contribution in [0.25, 0.3) is 0 Å². The van der Waals surface area contributed by atoms with Crippen molar-refractivity contribution in [1.29, 1.82) is 0 Å². The first-order valence-corrected chi connectivity index (χ1v) is 13.1. The Balaban J connectivity index is 1.63. The molecule has 0 saturated heterocycles. The summed E-state index contributed by atoms with van der Waals surface area (Å²) in [6, 6.07) is 2.09. The SMILES string of the molecule is COc1cc2c(c(C)c1O)CC=C1[C@@]2(C)CC[C@@]2(C)[C@@H]3C[C@](C)(C(=O)O)CC[C@]3(C)CC[C@]12C. The topological polar surface area (TPSA) is 66.8 Å². The van der Waals surface area contributed by atoms with E-state index in [4.69, 9.17) is 4.74 Å². The minimum absolute atomic E-state index is 0.0254. The van der Waals surface area contributed by atoms with Gasteiger partial charge in [0.2, 0.25) is 0 Å². The van der Waals surface area contributed by atoms with E-state index in [0.717, 1.165) is 56.9 Å². The predicted molar refractivity (Wildman–Crippen MR) is 134 cm³/mol. The molecule has 0 unspecified atom stereocenters. The third kappa shape index (κ3) is 2.74. The number of carboxylic acid groups (broad SMARTS) is 1. The van der Waals surface area contributed by atoms with E-state index >= 15 is 0 Å². The molecule has 0 aliphatic heterocycles. The molecule has 0 bridgehead atoms. The van der Waals surface area contributed by atoms with Crippen LogP contribution in [-0.2, 0) is 16.6 Å². The van der Waals surface area contributed by atoms with Crippen molar-refractivity contribution in [3.63, 3.8) is 0 Å². The second-order valence-corrected chi connectivity index (χ2v) is 13.3. The molecule has 34 heavy (non-hydrogen) atoms. The summed E-state index contributed by atoms with van der Waals surface area (Å²) in [7, 11) is 1.63. The van der Waals surface area contributed by atoms with Gasteiger partial charge in [0.25, 0.3) is 0 Å². The molecule has 0 aromatic heterocycles. The number of hydrogen-bond acceptors (Lipinski definition) is 3. The highest BCUT2D eigenvalue weighted by molar-refractivity contribution is 5.74. The summed E-state index contributed by atoms with van der Waals surface area (Å²) in [5.74, 6) is 0.603. The van der Waals surface area contributed by atoms with Crippen LogP contribution in [0.15, 0.2) is 17.7 Å². The van der Waals surface area contributed by atoms with Crippen LogP contribution in [0.1, 0.15) is 96.3 Å². The zero-order valence-electron chi connectivity index (χ0n) is 22.1. The zero-order chi connectivity index (χ0) is 24.9. The Morgan fingerprint density at radius 2 is 1.71 bits per heavy atom. The molecule has 1 aromatic rings. The average molecular weight is 467 g/mol. The Hall–Kier alpha value is -1.97. The average Bonchev–Trinajstić information content (AvgIpc) is 2.79. The van der Waals surface area contributed by atoms with Crippen LogP contribution in [-0.4, -0.2) is 23.3 Å². The van der Waals surface area contributed by atoms with Crippen LogP contribution in [0.5, 0.6) is 11.5 Å². The van der Waals surface area contributed by atoms with Gasteiger partial charge in [0, 0.05) is 5.41 Å². The van der Waals surface area contributed by atoms with Gasteiger partial charge in [0.1, 0.15) is 0 Å². The number of ether oxygens (including phenoxy) is 1. The maximum Gasteiger partial charge on any atom is 0.309 e. The minimum atomic E-state index is -0.626. The van der Waals surface area contributed by atoms with Crippen LogP contribution in [0.3, 0.4) is 0 Å². The number of benzene rings is 1. The molecule has 0 heterocycles. The molecular weight excluding hydrogens is 424 g/mol. The molecule has 0 spiro atoms. The first kappa shape index (κ1) is 23.8. The molecule has 4 nitrogen and oxygen atoms in total. The van der Waals surface area contributed by atoms with Gasteiger partial charge in [-0.15, -0.1) is 0 Å². The van der Waals surface area contributed by atoms with Crippen molar-refractivity contribution in [1.82, 2.24) is 0 Å². The quantitative estimate of drug-likeness (QED) is 0.463. The third-order valence-corrected chi connectivity index (χ3v) is 11.8. The second-order valence-electron chi connectivity index (χ2n) is 13.3. The lowest BCUT2D eigenvalue weighted by Gasteiger charge is -2.69. The van der Waals surface area contributed by atoms with E-state index in [0.29, 0.717) is 11.7 Å². The number of fused-ring (bicyclic) bond motifs is 7. The number of phenolic OH excluding ortho intramolecular Hbond substituents is 1. The molecule has 2 N–H and O–H groups in total. The summed E-state index contributed by atoms with van der Waals surface area (Å²) < 4.78 is 5.57. The van der Waals surface area contributed by atoms with Crippen LogP contribution in [0, 0.1) is 34.5 Å². The Labute approximate surface area is 204 Å². The number of carboxylic acids is 1. The van der Waals surface area contributed by atoms with Gasteiger partial charge in [0.15, 0.2) is 11.5 Å². The normalized spacial score (nSPS) is 43.0. The number of phenols is 1. The lowest BCUT2D eigenvalue weighted by molar-refractivity contribution is -0.177. The number of allylic oxidation sites excluding steroid dienone is 2. The van der Waals surface area contributed by atoms with Crippen molar-refractivity contribution in [3.8, 4) is 11.5 Å². The van der Waals surface area contributed by atoms with Gasteiger partial charge in [-0.25, -0.2) is 0 Å². The second kappa shape index (κ2) is 7.04. The lowest BCUT2D eigenvalue weighted by Crippen LogP contribution is -2.62. The van der Waals surface area contributed by atoms with Crippen molar-refractivity contribution < 1.29 is 19.7 Å². The van der Waals surface area contributed by atoms with Gasteiger partial charge in [-0.2, -0.15) is 0 Å². The molecule has 4 heteroatoms. The molecule has 3 saturated carbocycles. The molecule has 1 aromatic carbocycles. The highest BCUT2D eigenvalue weighted by Crippen LogP contribution is 2.74. The highest BCUT2D eigenvalue weighted by atomic mass is 16.5. The van der Waals surface area contributed by atoms with E-state index in [9.17, 15) is 15.0 Å². The number of rotatable bonds is 2. The first-order chi connectivity index (χ1) is 15.8. The highest BCUT2D eigenvalue weighted by Gasteiger charge is 2.67. The first-order valence-electron chi connectivity index (χ1n) is 13.1. The van der Waals surface area contributed by atoms with Crippen molar-refractivity contribution in [2.75, 3.05) is 7.11 Å². The smallest absolute Gasteiger partial charge is 0.309 e. The predicted octanol–water partition coefficient (Wildman–Crippen LogP) is 6.95. The van der Waals surface area contributed by atoms with Crippen molar-refractivity contribution in [2.24, 2.45) is 27.6 Å². The Morgan fingerprint density at radius 1 is 1.03 bits per heavy atom. The number of methoxy groups -OCH3 is 1. The third-order valence-electron chi connectivity index (χ3n) is 11.8. The molecule has 0 amide bonds. The summed E-state index contributed by atoms with van der Waals surface area (Å²) in [6.07, 6.45) is 10.4. The largest absolute Gasteiger partial charge is 0.504 e. The van der Waals surface area contributed by atoms with Crippen molar-refractivity contribution >= 4 is 5.97 Å². The van der Waals surface area contributed by atoms with E-state index in [1.54, 1.807) is 7.11 Å². The van der Waals surface area contributed by atoms with E-state index in [1.807, 2.05) is 13.8 Å². The summed E-state index contributed by atoms with van der Waals surface area (Å²) in [5.41, 5.74) is 4.63. The number of carbonyl (C=O) groups is 1. The number of aliphatic carboxylic acids is 1. The van der Waals surface area contributed by atoms with Crippen LogP contribution < -0.4 is 4.74 Å². The van der Waals surface area contributed by atoms with E-state index in [-0.39, 0.29) is 27.4 Å². The molecule has 186 valence electrons. The number of hydrogen-bond donors (Lipinski definition) is 2. The van der Waals surface area contributed by atoms with Crippen LogP contribution in [0.4, 0.5) is 0 Å². The van der Waals surface area contributed by atoms with Gasteiger partial charge in [-0.1, -0.05) is 39.3 Å². The molecular formula is C30H42O4. The monoisotopic (exact) mass is 466 g/mol. The zero-order valence-corrected chi connectivity index (χ0v) is 22.1. The summed E-state index contributed by atoms with van der Waals surface area (Å²) in [6.45, 7) is 13.8. The Bertz CT molecular complexity index is 1100. The molecule has 0 radical (unpaired) electrons. The van der Waals surface area contributed by atoms with E-state index < -0.39 is 11.4 Å². The Kier molecular flexibility index (Phi) is 4.92. The lowest BCUT2D eigenvalue weighted by atomic mass is 9.34. The van der Waals surface area contributed by atoms with Crippen LogP contribution >= 0.6 is 0 Å². The maximum absolute atomic E-state index is 12.3. The molecule has 5 rings (SSSR count). The van der Waals surface area contributed by atoms with Crippen molar-refractivity contribution in [3.05, 3.63) is 34.4 Å². The molecule has 4 aliphatic carbocycles. The van der Waals surface area contributed by atoms with Gasteiger partial charge < -0.3 is 14.9 Å². The minimum Gasteiger partial charge on any atom is -0.504 e. The van der Waals surface area contributed by atoms with E-state index in [1.165, 1.54) is 16.7 Å². The summed E-state index contributed by atoms with van der Waals surface area (Å²) in [5, 5.41) is 20.8. The fraction of sp³-hybridized carbons (Fsp3) is 0.700. The fourth-order valence-electron chi connectivity index (χ4n) is 9.04. The van der Waals surface area contributed by atoms with Gasteiger partial charge >= 0.3 is 5.97 Å². The molecule has 6 atom stereocenters. The number of aromatic hydroxyl groups is 1. The molecule has 3 fully saturated rings. The maximum atomic E-state index is 12.3. The van der Waals surface area contributed by atoms with Gasteiger partial charge in [0.05, 0.1) is 12.5 Å². The summed E-state index contributed by atoms with van der Waals surface area (Å²) >= 11 is 0. The van der Waals surface area contributed by atoms with E-state index in [2.05, 4.69) is 39.8 Å². The molecule has 4 aliphatic rings. The van der Waals surface area contributed by atoms with Crippen LogP contribution in [0.2, 0.25) is 0 Å². The Morgan fingerprint density at radius 3 is 2.35 bits per heavy atom. The van der Waals surface area contributed by atoms with Gasteiger partial charge in [-0.3, -0.25) is 4.79 Å². The standard InChI is InChI=1S/C30H42O4/c1-18-19-8-9-22-28(4,20(19)16-21(34-7)24(18)31)13-15-30(6)23-17-27(3,25(32)33)11-10-26(23,2)12-14-29(22,30)5/h9,16,23,31H,8,10-15,17H2,1-7H3,(H,32,33)/t23-,26-,27-,28+,29-,30+/m1/s1. The van der Waals surface area contributed by atoms with Crippen molar-refractivity contribution in [2.45, 2.75) is 98.3 Å².